The Morgan fingerprint density at radius 2 is 2.05 bits per heavy atom. The molecule has 0 radical (unpaired) electrons. The molecular weight excluding hydrogens is 558 g/mol. The van der Waals surface area contributed by atoms with Crippen molar-refractivity contribution in [2.45, 2.75) is 38.1 Å². The Morgan fingerprint density at radius 1 is 1.26 bits per heavy atom. The van der Waals surface area contributed by atoms with E-state index in [2.05, 4.69) is 30.8 Å². The molecule has 11 nitrogen and oxygen atoms in total. The van der Waals surface area contributed by atoms with Gasteiger partial charge in [0.05, 0.1) is 43.1 Å². The molecule has 228 valence electrons. The quantitative estimate of drug-likeness (QED) is 0.278. The van der Waals surface area contributed by atoms with Crippen LogP contribution in [0.5, 0.6) is 0 Å². The van der Waals surface area contributed by atoms with Gasteiger partial charge in [-0.25, -0.2) is 23.8 Å². The lowest BCUT2D eigenvalue weighted by atomic mass is 9.79. The first-order chi connectivity index (χ1) is 20.8. The summed E-state index contributed by atoms with van der Waals surface area (Å²) in [6.07, 6.45) is 4.82. The first kappa shape index (κ1) is 30.3. The van der Waals surface area contributed by atoms with E-state index >= 15 is 0 Å². The monoisotopic (exact) mass is 594 g/mol. The molecule has 0 saturated carbocycles. The Hall–Kier alpha value is -4.15. The number of hydrogen-bond donors (Lipinski definition) is 1. The summed E-state index contributed by atoms with van der Waals surface area (Å²) in [7, 11) is 0. The van der Waals surface area contributed by atoms with E-state index in [1.807, 2.05) is 13.0 Å². The molecule has 1 aromatic rings. The highest BCUT2D eigenvalue weighted by atomic mass is 19.1. The second-order valence-corrected chi connectivity index (χ2v) is 11.2. The lowest BCUT2D eigenvalue weighted by Crippen LogP contribution is -2.56. The fourth-order valence-corrected chi connectivity index (χ4v) is 5.64. The predicted octanol–water partition coefficient (Wildman–Crippen LogP) is 2.72. The van der Waals surface area contributed by atoms with Gasteiger partial charge in [0.25, 0.3) is 0 Å². The van der Waals surface area contributed by atoms with Crippen LogP contribution in [0.4, 0.5) is 20.2 Å². The van der Waals surface area contributed by atoms with Gasteiger partial charge >= 0.3 is 0 Å². The Balaban J connectivity index is 1.24. The predicted molar refractivity (Wildman–Crippen MR) is 160 cm³/mol. The van der Waals surface area contributed by atoms with Crippen molar-refractivity contribution in [1.82, 2.24) is 9.80 Å². The number of halogens is 2. The standard InChI is InChI=1S/C30H36F2N8O3/c1-30(6-4-27(21(13-30)14-33)43-28-5-7-38(20-41)15-25(28)32)29(35-18-34)37-19-36-26-3-2-22(12-24(26)31)39-8-10-40(11-9-39)23-16-42-17-23/h2-4,12-13,18-20,23,25,28H,5-11,15-17H2,1H3,(H2,34,35,36,37)/t25-,28+,30?/m1/s1. The molecule has 1 amide bonds. The molecule has 1 aliphatic carbocycles. The van der Waals surface area contributed by atoms with Gasteiger partial charge in [0.2, 0.25) is 6.41 Å². The zero-order valence-corrected chi connectivity index (χ0v) is 24.1. The zero-order chi connectivity index (χ0) is 30.4. The second kappa shape index (κ2) is 13.4. The number of allylic oxidation sites excluding steroid dienone is 2. The van der Waals surface area contributed by atoms with Gasteiger partial charge in [-0.2, -0.15) is 5.26 Å². The fraction of sp³-hybridized carbons (Fsp3) is 0.500. The van der Waals surface area contributed by atoms with Crippen molar-refractivity contribution in [3.63, 3.8) is 0 Å². The van der Waals surface area contributed by atoms with Crippen LogP contribution < -0.4 is 10.6 Å². The van der Waals surface area contributed by atoms with Gasteiger partial charge in [0.1, 0.15) is 35.8 Å². The number of nitrogens with two attached hydrogens (primary N) is 1. The van der Waals surface area contributed by atoms with Crippen molar-refractivity contribution in [3.05, 3.63) is 47.5 Å². The van der Waals surface area contributed by atoms with Crippen molar-refractivity contribution in [2.24, 2.45) is 26.1 Å². The Labute approximate surface area is 249 Å². The Bertz CT molecular complexity index is 1380. The molecule has 3 heterocycles. The fourth-order valence-electron chi connectivity index (χ4n) is 5.64. The number of amides is 1. The van der Waals surface area contributed by atoms with E-state index in [0.717, 1.165) is 51.4 Å². The van der Waals surface area contributed by atoms with Crippen molar-refractivity contribution in [3.8, 4) is 6.07 Å². The minimum atomic E-state index is -1.37. The third kappa shape index (κ3) is 6.92. The van der Waals surface area contributed by atoms with E-state index in [1.54, 1.807) is 18.2 Å². The van der Waals surface area contributed by atoms with Crippen molar-refractivity contribution in [1.29, 1.82) is 5.26 Å². The Morgan fingerprint density at radius 3 is 2.67 bits per heavy atom. The SMILES string of the molecule is CC1(C(N=CN)=NC=Nc2ccc(N3CCN(C4COC4)CC3)cc2F)C=C(C#N)C(O[C@H]2CCN(C=O)C[C@H]2F)=CC1. The van der Waals surface area contributed by atoms with Crippen molar-refractivity contribution in [2.75, 3.05) is 57.4 Å². The van der Waals surface area contributed by atoms with Gasteiger partial charge in [0.15, 0.2) is 12.0 Å². The molecule has 13 heteroatoms. The minimum Gasteiger partial charge on any atom is -0.486 e. The van der Waals surface area contributed by atoms with Crippen LogP contribution in [0.1, 0.15) is 19.8 Å². The first-order valence-corrected chi connectivity index (χ1v) is 14.4. The summed E-state index contributed by atoms with van der Waals surface area (Å²) in [5.41, 5.74) is 5.88. The molecule has 0 aromatic heterocycles. The molecule has 1 aromatic carbocycles. The summed E-state index contributed by atoms with van der Waals surface area (Å²) < 4.78 is 40.7. The number of ether oxygens (including phenoxy) is 2. The normalized spacial score (nSPS) is 27.5. The van der Waals surface area contributed by atoms with E-state index in [1.165, 1.54) is 17.3 Å². The third-order valence-corrected chi connectivity index (χ3v) is 8.33. The van der Waals surface area contributed by atoms with Gasteiger partial charge in [0, 0.05) is 44.8 Å². The number of amidine groups is 1. The highest BCUT2D eigenvalue weighted by Gasteiger charge is 2.36. The van der Waals surface area contributed by atoms with E-state index < -0.39 is 23.5 Å². The maximum Gasteiger partial charge on any atom is 0.209 e. The van der Waals surface area contributed by atoms with E-state index in [4.69, 9.17) is 15.2 Å². The van der Waals surface area contributed by atoms with Crippen LogP contribution in [-0.4, -0.2) is 106 Å². The van der Waals surface area contributed by atoms with Crippen LogP contribution in [-0.2, 0) is 14.3 Å². The van der Waals surface area contributed by atoms with E-state index in [-0.39, 0.29) is 29.4 Å². The van der Waals surface area contributed by atoms with Gasteiger partial charge in [-0.3, -0.25) is 9.69 Å². The van der Waals surface area contributed by atoms with Crippen LogP contribution in [0.2, 0.25) is 0 Å². The number of piperidine rings is 1. The first-order valence-electron chi connectivity index (χ1n) is 14.4. The largest absolute Gasteiger partial charge is 0.486 e. The van der Waals surface area contributed by atoms with Crippen LogP contribution in [0.15, 0.2) is 56.7 Å². The molecule has 3 fully saturated rings. The van der Waals surface area contributed by atoms with Gasteiger partial charge in [-0.1, -0.05) is 0 Å². The molecule has 5 rings (SSSR count). The summed E-state index contributed by atoms with van der Waals surface area (Å²) in [6.45, 7) is 7.17. The number of likely N-dealkylation sites (tertiary alicyclic amines) is 1. The summed E-state index contributed by atoms with van der Waals surface area (Å²) >= 11 is 0. The molecule has 1 unspecified atom stereocenters. The number of carbonyl (C=O) groups excluding carboxylic acids is 1. The smallest absolute Gasteiger partial charge is 0.209 e. The number of aliphatic imine (C=N–C) groups is 3. The Kier molecular flexibility index (Phi) is 9.47. The topological polar surface area (TPSA) is 132 Å². The van der Waals surface area contributed by atoms with Gasteiger partial charge in [-0.05, 0) is 43.7 Å². The van der Waals surface area contributed by atoms with Crippen LogP contribution in [0.25, 0.3) is 0 Å². The summed E-state index contributed by atoms with van der Waals surface area (Å²) in [4.78, 5) is 29.7. The average molecular weight is 595 g/mol. The van der Waals surface area contributed by atoms with Crippen molar-refractivity contribution < 1.29 is 23.0 Å². The average Bonchev–Trinajstić information content (AvgIpc) is 2.98. The third-order valence-electron chi connectivity index (χ3n) is 8.33. The highest BCUT2D eigenvalue weighted by Crippen LogP contribution is 2.37. The number of anilines is 1. The minimum absolute atomic E-state index is 0.0526. The lowest BCUT2D eigenvalue weighted by Gasteiger charge is -2.43. The second-order valence-electron chi connectivity index (χ2n) is 11.2. The summed E-state index contributed by atoms with van der Waals surface area (Å²) in [5.74, 6) is 0.0711. The number of hydrogen-bond acceptors (Lipinski definition) is 7. The molecule has 0 spiro atoms. The van der Waals surface area contributed by atoms with Gasteiger partial charge < -0.3 is 25.0 Å². The van der Waals surface area contributed by atoms with Crippen LogP contribution in [0, 0.1) is 22.6 Å². The number of benzene rings is 1. The number of nitrogens with zero attached hydrogens (tertiary/aromatic N) is 7. The van der Waals surface area contributed by atoms with Crippen LogP contribution in [0.3, 0.4) is 0 Å². The molecule has 2 N–H and O–H groups in total. The molecule has 3 atom stereocenters. The molecule has 3 aliphatic heterocycles. The summed E-state index contributed by atoms with van der Waals surface area (Å²) in [6, 6.07) is 7.56. The van der Waals surface area contributed by atoms with Crippen molar-refractivity contribution >= 4 is 36.3 Å². The lowest BCUT2D eigenvalue weighted by molar-refractivity contribution is -0.122. The highest BCUT2D eigenvalue weighted by molar-refractivity contribution is 5.99. The zero-order valence-electron chi connectivity index (χ0n) is 24.1. The molecule has 4 aliphatic rings. The molecule has 3 saturated heterocycles. The number of alkyl halides is 1. The molecule has 0 bridgehead atoms. The van der Waals surface area contributed by atoms with Crippen LogP contribution >= 0.6 is 0 Å². The number of nitriles is 1. The summed E-state index contributed by atoms with van der Waals surface area (Å²) in [5, 5.41) is 9.83. The number of rotatable bonds is 8. The number of piperazine rings is 1. The molecular formula is C30H36F2N8O3. The van der Waals surface area contributed by atoms with E-state index in [0.29, 0.717) is 31.8 Å². The maximum absolute atomic E-state index is 15.0. The molecule has 43 heavy (non-hydrogen) atoms. The number of carbonyl (C=O) groups is 1. The van der Waals surface area contributed by atoms with Gasteiger partial charge in [-0.15, -0.1) is 0 Å². The maximum atomic E-state index is 15.0. The van der Waals surface area contributed by atoms with E-state index in [9.17, 15) is 18.8 Å².